The standard InChI is InChI=1S/C13H10F4N2O/c14-9-2-4-12(19-7-9)20-11-3-1-8(6-18)5-10(11)13(15,16)17/h1-5,7H,6,18H2. The first-order valence-corrected chi connectivity index (χ1v) is 5.60. The van der Waals surface area contributed by atoms with Crippen LogP contribution in [0.1, 0.15) is 11.1 Å². The topological polar surface area (TPSA) is 48.1 Å². The monoisotopic (exact) mass is 286 g/mol. The van der Waals surface area contributed by atoms with Gasteiger partial charge in [-0.1, -0.05) is 6.07 Å². The molecule has 1 heterocycles. The molecule has 2 rings (SSSR count). The Morgan fingerprint density at radius 3 is 2.45 bits per heavy atom. The molecule has 0 spiro atoms. The van der Waals surface area contributed by atoms with E-state index in [2.05, 4.69) is 4.98 Å². The minimum absolute atomic E-state index is 0.0157. The zero-order chi connectivity index (χ0) is 14.8. The number of aromatic nitrogens is 1. The second-order valence-corrected chi connectivity index (χ2v) is 3.95. The Bertz CT molecular complexity index is 596. The van der Waals surface area contributed by atoms with E-state index in [0.717, 1.165) is 30.5 Å². The predicted octanol–water partition coefficient (Wildman–Crippen LogP) is 3.49. The third-order valence-electron chi connectivity index (χ3n) is 2.50. The van der Waals surface area contributed by atoms with E-state index in [1.54, 1.807) is 0 Å². The molecule has 0 unspecified atom stereocenters. The summed E-state index contributed by atoms with van der Waals surface area (Å²) in [4.78, 5) is 3.55. The fourth-order valence-corrected chi connectivity index (χ4v) is 1.55. The molecule has 0 saturated carbocycles. The van der Waals surface area contributed by atoms with Gasteiger partial charge >= 0.3 is 6.18 Å². The highest BCUT2D eigenvalue weighted by atomic mass is 19.4. The van der Waals surface area contributed by atoms with Crippen molar-refractivity contribution in [3.8, 4) is 11.6 Å². The van der Waals surface area contributed by atoms with Crippen molar-refractivity contribution >= 4 is 0 Å². The first kappa shape index (κ1) is 14.3. The number of hydrogen-bond acceptors (Lipinski definition) is 3. The summed E-state index contributed by atoms with van der Waals surface area (Å²) < 4.78 is 56.5. The molecular weight excluding hydrogens is 276 g/mol. The lowest BCUT2D eigenvalue weighted by Gasteiger charge is -2.14. The molecule has 2 aromatic rings. The van der Waals surface area contributed by atoms with Gasteiger partial charge in [0.25, 0.3) is 0 Å². The molecule has 0 fully saturated rings. The van der Waals surface area contributed by atoms with Crippen molar-refractivity contribution in [3.63, 3.8) is 0 Å². The molecule has 0 aliphatic heterocycles. The molecule has 0 atom stereocenters. The number of ether oxygens (including phenoxy) is 1. The van der Waals surface area contributed by atoms with Crippen molar-refractivity contribution in [2.45, 2.75) is 12.7 Å². The average Bonchev–Trinajstić information content (AvgIpc) is 2.40. The maximum absolute atomic E-state index is 12.9. The second kappa shape index (κ2) is 5.46. The Labute approximate surface area is 112 Å². The lowest BCUT2D eigenvalue weighted by Crippen LogP contribution is -2.09. The first-order valence-electron chi connectivity index (χ1n) is 5.60. The van der Waals surface area contributed by atoms with Gasteiger partial charge in [0.2, 0.25) is 5.88 Å². The van der Waals surface area contributed by atoms with Crippen LogP contribution >= 0.6 is 0 Å². The van der Waals surface area contributed by atoms with Gasteiger partial charge in [-0.15, -0.1) is 0 Å². The van der Waals surface area contributed by atoms with E-state index in [1.165, 1.54) is 6.07 Å². The summed E-state index contributed by atoms with van der Waals surface area (Å²) >= 11 is 0. The summed E-state index contributed by atoms with van der Waals surface area (Å²) in [5.74, 6) is -1.14. The molecule has 0 radical (unpaired) electrons. The van der Waals surface area contributed by atoms with Gasteiger partial charge in [0.05, 0.1) is 11.8 Å². The summed E-state index contributed by atoms with van der Waals surface area (Å²) in [5.41, 5.74) is 4.70. The molecule has 0 amide bonds. The van der Waals surface area contributed by atoms with Crippen LogP contribution in [0.2, 0.25) is 0 Å². The van der Waals surface area contributed by atoms with Gasteiger partial charge in [-0.3, -0.25) is 0 Å². The lowest BCUT2D eigenvalue weighted by atomic mass is 10.1. The van der Waals surface area contributed by atoms with Gasteiger partial charge in [0, 0.05) is 12.6 Å². The fraction of sp³-hybridized carbons (Fsp3) is 0.154. The average molecular weight is 286 g/mol. The number of rotatable bonds is 3. The Morgan fingerprint density at radius 2 is 1.90 bits per heavy atom. The number of hydrogen-bond donors (Lipinski definition) is 1. The van der Waals surface area contributed by atoms with Crippen LogP contribution in [0, 0.1) is 5.82 Å². The maximum Gasteiger partial charge on any atom is 0.419 e. The van der Waals surface area contributed by atoms with E-state index in [9.17, 15) is 17.6 Å². The molecule has 7 heteroatoms. The third kappa shape index (κ3) is 3.24. The van der Waals surface area contributed by atoms with Crippen LogP contribution in [0.15, 0.2) is 36.5 Å². The van der Waals surface area contributed by atoms with Crippen LogP contribution in [0.5, 0.6) is 11.6 Å². The Balaban J connectivity index is 2.38. The first-order chi connectivity index (χ1) is 9.40. The number of alkyl halides is 3. The van der Waals surface area contributed by atoms with Crippen molar-refractivity contribution in [2.75, 3.05) is 0 Å². The predicted molar refractivity (Wildman–Crippen MR) is 63.6 cm³/mol. The smallest absolute Gasteiger partial charge is 0.419 e. The molecular formula is C13H10F4N2O. The zero-order valence-electron chi connectivity index (χ0n) is 10.1. The van der Waals surface area contributed by atoms with E-state index in [4.69, 9.17) is 10.5 Å². The molecule has 0 saturated heterocycles. The van der Waals surface area contributed by atoms with Gasteiger partial charge in [-0.2, -0.15) is 13.2 Å². The number of nitrogens with two attached hydrogens (primary N) is 1. The number of nitrogens with zero attached hydrogens (tertiary/aromatic N) is 1. The minimum atomic E-state index is -4.58. The van der Waals surface area contributed by atoms with E-state index in [-0.39, 0.29) is 12.4 Å². The van der Waals surface area contributed by atoms with Gasteiger partial charge in [-0.05, 0) is 23.8 Å². The van der Waals surface area contributed by atoms with Crippen molar-refractivity contribution in [3.05, 3.63) is 53.5 Å². The molecule has 3 nitrogen and oxygen atoms in total. The highest BCUT2D eigenvalue weighted by Crippen LogP contribution is 2.38. The highest BCUT2D eigenvalue weighted by Gasteiger charge is 2.34. The van der Waals surface area contributed by atoms with Crippen LogP contribution in [0.25, 0.3) is 0 Å². The van der Waals surface area contributed by atoms with E-state index in [1.807, 2.05) is 0 Å². The third-order valence-corrected chi connectivity index (χ3v) is 2.50. The summed E-state index contributed by atoms with van der Waals surface area (Å²) in [6, 6.07) is 5.69. The summed E-state index contributed by atoms with van der Waals surface area (Å²) in [5, 5.41) is 0. The molecule has 106 valence electrons. The molecule has 2 N–H and O–H groups in total. The fourth-order valence-electron chi connectivity index (χ4n) is 1.55. The summed E-state index contributed by atoms with van der Waals surface area (Å²) in [6.07, 6.45) is -3.72. The zero-order valence-corrected chi connectivity index (χ0v) is 10.1. The molecule has 0 bridgehead atoms. The minimum Gasteiger partial charge on any atom is -0.438 e. The van der Waals surface area contributed by atoms with Crippen molar-refractivity contribution in [1.29, 1.82) is 0 Å². The Hall–Kier alpha value is -2.15. The van der Waals surface area contributed by atoms with Crippen LogP contribution in [0.4, 0.5) is 17.6 Å². The maximum atomic E-state index is 12.9. The number of benzene rings is 1. The van der Waals surface area contributed by atoms with E-state index >= 15 is 0 Å². The van der Waals surface area contributed by atoms with Gasteiger partial charge < -0.3 is 10.5 Å². The Morgan fingerprint density at radius 1 is 1.15 bits per heavy atom. The van der Waals surface area contributed by atoms with Crippen LogP contribution in [-0.4, -0.2) is 4.98 Å². The number of pyridine rings is 1. The van der Waals surface area contributed by atoms with Crippen LogP contribution < -0.4 is 10.5 Å². The lowest BCUT2D eigenvalue weighted by molar-refractivity contribution is -0.138. The van der Waals surface area contributed by atoms with Crippen molar-refractivity contribution < 1.29 is 22.3 Å². The van der Waals surface area contributed by atoms with E-state index in [0.29, 0.717) is 5.56 Å². The molecule has 0 aliphatic rings. The highest BCUT2D eigenvalue weighted by molar-refractivity contribution is 5.41. The molecule has 0 aliphatic carbocycles. The van der Waals surface area contributed by atoms with Crippen molar-refractivity contribution in [2.24, 2.45) is 5.73 Å². The van der Waals surface area contributed by atoms with Gasteiger partial charge in [0.15, 0.2) is 0 Å². The van der Waals surface area contributed by atoms with Crippen LogP contribution in [-0.2, 0) is 12.7 Å². The van der Waals surface area contributed by atoms with E-state index < -0.39 is 23.3 Å². The van der Waals surface area contributed by atoms with Gasteiger partial charge in [0.1, 0.15) is 11.6 Å². The molecule has 20 heavy (non-hydrogen) atoms. The second-order valence-electron chi connectivity index (χ2n) is 3.95. The summed E-state index contributed by atoms with van der Waals surface area (Å²) in [7, 11) is 0. The van der Waals surface area contributed by atoms with Gasteiger partial charge in [-0.25, -0.2) is 9.37 Å². The van der Waals surface area contributed by atoms with Crippen LogP contribution in [0.3, 0.4) is 0 Å². The largest absolute Gasteiger partial charge is 0.438 e. The Kier molecular flexibility index (Phi) is 3.89. The quantitative estimate of drug-likeness (QED) is 0.879. The SMILES string of the molecule is NCc1ccc(Oc2ccc(F)cn2)c(C(F)(F)F)c1. The van der Waals surface area contributed by atoms with Crippen molar-refractivity contribution in [1.82, 2.24) is 4.98 Å². The number of halogens is 4. The molecule has 1 aromatic heterocycles. The normalized spacial score (nSPS) is 11.4. The molecule has 1 aromatic carbocycles. The summed E-state index contributed by atoms with van der Waals surface area (Å²) in [6.45, 7) is -0.0157.